The number of halogens is 1. The van der Waals surface area contributed by atoms with Crippen molar-refractivity contribution < 1.29 is 18.7 Å². The fourth-order valence-electron chi connectivity index (χ4n) is 4.29. The number of hydrogen-bond donors (Lipinski definition) is 1. The van der Waals surface area contributed by atoms with Crippen molar-refractivity contribution in [1.29, 1.82) is 0 Å². The van der Waals surface area contributed by atoms with Crippen LogP contribution >= 0.6 is 11.3 Å². The van der Waals surface area contributed by atoms with Gasteiger partial charge in [0.1, 0.15) is 10.7 Å². The number of aryl methyl sites for hydroxylation is 2. The van der Waals surface area contributed by atoms with Crippen molar-refractivity contribution >= 4 is 29.0 Å². The number of unbranched alkanes of at least 4 members (excludes halogenated alkanes) is 1. The monoisotopic (exact) mass is 487 g/mol. The summed E-state index contributed by atoms with van der Waals surface area (Å²) in [4.78, 5) is 36.5. The van der Waals surface area contributed by atoms with E-state index in [1.54, 1.807) is 4.90 Å². The van der Waals surface area contributed by atoms with Crippen LogP contribution in [-0.4, -0.2) is 56.5 Å². The first-order valence-corrected chi connectivity index (χ1v) is 12.4. The number of amides is 2. The first-order valence-electron chi connectivity index (χ1n) is 11.6. The molecular weight excluding hydrogens is 457 g/mol. The van der Waals surface area contributed by atoms with Crippen LogP contribution < -0.4 is 5.32 Å². The Hall–Kier alpha value is -3.01. The first kappa shape index (κ1) is 24.1. The maximum absolute atomic E-state index is 14.7. The second kappa shape index (κ2) is 10.1. The van der Waals surface area contributed by atoms with Crippen molar-refractivity contribution in [3.05, 3.63) is 40.5 Å². The molecule has 0 radical (unpaired) electrons. The number of fused-ring (bicyclic) bond motifs is 1. The SMILES string of the molecule is CCCCOC(=O)N1CCC(NC(=O)c2sc(-c3cn4cc(C)nc(C)c4n3)cc2F)CC1C. The van der Waals surface area contributed by atoms with Gasteiger partial charge in [0.25, 0.3) is 5.91 Å². The molecule has 1 aliphatic rings. The maximum Gasteiger partial charge on any atom is 0.409 e. The Kier molecular flexibility index (Phi) is 7.16. The normalized spacial score (nSPS) is 18.3. The highest BCUT2D eigenvalue weighted by Gasteiger charge is 2.31. The molecule has 0 aliphatic carbocycles. The first-order chi connectivity index (χ1) is 16.3. The molecule has 1 N–H and O–H groups in total. The average molecular weight is 488 g/mol. The highest BCUT2D eigenvalue weighted by Crippen LogP contribution is 2.31. The summed E-state index contributed by atoms with van der Waals surface area (Å²) in [5.41, 5.74) is 2.95. The minimum absolute atomic E-state index is 0.0344. The predicted octanol–water partition coefficient (Wildman–Crippen LogP) is 4.73. The Labute approximate surface area is 202 Å². The zero-order chi connectivity index (χ0) is 24.4. The van der Waals surface area contributed by atoms with Gasteiger partial charge in [0, 0.05) is 31.0 Å². The molecule has 2 atom stereocenters. The molecule has 182 valence electrons. The third-order valence-corrected chi connectivity index (χ3v) is 7.17. The molecule has 0 saturated carbocycles. The molecule has 0 bridgehead atoms. The van der Waals surface area contributed by atoms with Crippen molar-refractivity contribution in [3.63, 3.8) is 0 Å². The van der Waals surface area contributed by atoms with E-state index in [-0.39, 0.29) is 23.1 Å². The van der Waals surface area contributed by atoms with Gasteiger partial charge in [0.2, 0.25) is 0 Å². The van der Waals surface area contributed by atoms with Crippen molar-refractivity contribution in [2.24, 2.45) is 0 Å². The molecule has 3 aromatic rings. The summed E-state index contributed by atoms with van der Waals surface area (Å²) >= 11 is 1.08. The number of hydrogen-bond acceptors (Lipinski definition) is 6. The number of rotatable bonds is 6. The van der Waals surface area contributed by atoms with Gasteiger partial charge in [-0.25, -0.2) is 14.2 Å². The van der Waals surface area contributed by atoms with Gasteiger partial charge in [0.15, 0.2) is 5.65 Å². The van der Waals surface area contributed by atoms with E-state index in [9.17, 15) is 14.0 Å². The number of aromatic nitrogens is 3. The minimum Gasteiger partial charge on any atom is -0.449 e. The van der Waals surface area contributed by atoms with Crippen molar-refractivity contribution in [3.8, 4) is 10.6 Å². The summed E-state index contributed by atoms with van der Waals surface area (Å²) in [6.07, 6.45) is 6.36. The summed E-state index contributed by atoms with van der Waals surface area (Å²) < 4.78 is 21.9. The highest BCUT2D eigenvalue weighted by molar-refractivity contribution is 7.17. The molecule has 4 rings (SSSR count). The molecule has 2 amide bonds. The van der Waals surface area contributed by atoms with Crippen molar-refractivity contribution in [2.75, 3.05) is 13.2 Å². The summed E-state index contributed by atoms with van der Waals surface area (Å²) in [7, 11) is 0. The topological polar surface area (TPSA) is 88.8 Å². The van der Waals surface area contributed by atoms with Crippen LogP contribution in [-0.2, 0) is 4.74 Å². The van der Waals surface area contributed by atoms with E-state index in [1.165, 1.54) is 6.07 Å². The van der Waals surface area contributed by atoms with E-state index in [0.29, 0.717) is 42.2 Å². The Balaban J connectivity index is 1.41. The standard InChI is InChI=1S/C24H30FN5O3S/c1-5-6-9-33-24(32)30-8-7-17(10-15(30)3)27-23(31)21-18(25)11-20(34-21)19-13-29-12-14(2)26-16(4)22(29)28-19/h11-13,15,17H,5-10H2,1-4H3,(H,27,31). The number of imidazole rings is 1. The summed E-state index contributed by atoms with van der Waals surface area (Å²) in [5, 5.41) is 2.94. The van der Waals surface area contributed by atoms with Crippen molar-refractivity contribution in [2.45, 2.75) is 65.5 Å². The van der Waals surface area contributed by atoms with Gasteiger partial charge in [-0.3, -0.25) is 9.78 Å². The van der Waals surface area contributed by atoms with E-state index in [2.05, 4.69) is 15.3 Å². The zero-order valence-corrected chi connectivity index (χ0v) is 20.7. The molecule has 1 fully saturated rings. The lowest BCUT2D eigenvalue weighted by atomic mass is 9.98. The van der Waals surface area contributed by atoms with E-state index < -0.39 is 11.7 Å². The molecule has 1 saturated heterocycles. The molecular formula is C24H30FN5O3S. The predicted molar refractivity (Wildman–Crippen MR) is 129 cm³/mol. The fraction of sp³-hybridized carbons (Fsp3) is 0.500. The Morgan fingerprint density at radius 3 is 2.82 bits per heavy atom. The van der Waals surface area contributed by atoms with E-state index in [0.717, 1.165) is 35.6 Å². The minimum atomic E-state index is -0.564. The molecule has 2 unspecified atom stereocenters. The largest absolute Gasteiger partial charge is 0.449 e. The molecule has 3 aromatic heterocycles. The number of carbonyl (C=O) groups is 2. The number of likely N-dealkylation sites (tertiary alicyclic amines) is 1. The third kappa shape index (κ3) is 5.06. The van der Waals surface area contributed by atoms with Crippen LogP contribution in [0.15, 0.2) is 18.5 Å². The molecule has 0 aromatic carbocycles. The molecule has 10 heteroatoms. The van der Waals surface area contributed by atoms with Crippen LogP contribution in [0.25, 0.3) is 16.2 Å². The molecule has 8 nitrogen and oxygen atoms in total. The zero-order valence-electron chi connectivity index (χ0n) is 19.9. The molecule has 1 aliphatic heterocycles. The van der Waals surface area contributed by atoms with Gasteiger partial charge in [-0.05, 0) is 46.1 Å². The molecule has 0 spiro atoms. The fourth-order valence-corrected chi connectivity index (χ4v) is 5.18. The number of nitrogens with one attached hydrogen (secondary N) is 1. The Morgan fingerprint density at radius 1 is 1.29 bits per heavy atom. The van der Waals surface area contributed by atoms with E-state index in [1.807, 2.05) is 44.5 Å². The maximum atomic E-state index is 14.7. The summed E-state index contributed by atoms with van der Waals surface area (Å²) in [6, 6.07) is 1.14. The van der Waals surface area contributed by atoms with Gasteiger partial charge >= 0.3 is 6.09 Å². The lowest BCUT2D eigenvalue weighted by molar-refractivity contribution is 0.0677. The van der Waals surface area contributed by atoms with Gasteiger partial charge in [-0.1, -0.05) is 13.3 Å². The van der Waals surface area contributed by atoms with Crippen LogP contribution in [0.3, 0.4) is 0 Å². The van der Waals surface area contributed by atoms with Crippen LogP contribution in [0.2, 0.25) is 0 Å². The van der Waals surface area contributed by atoms with E-state index in [4.69, 9.17) is 4.74 Å². The van der Waals surface area contributed by atoms with Crippen LogP contribution in [0.5, 0.6) is 0 Å². The van der Waals surface area contributed by atoms with Gasteiger partial charge in [0.05, 0.1) is 28.6 Å². The number of carbonyl (C=O) groups excluding carboxylic acids is 2. The molecule has 34 heavy (non-hydrogen) atoms. The summed E-state index contributed by atoms with van der Waals surface area (Å²) in [5.74, 6) is -1.01. The van der Waals surface area contributed by atoms with E-state index >= 15 is 0 Å². The van der Waals surface area contributed by atoms with Crippen LogP contribution in [0.4, 0.5) is 9.18 Å². The Bertz CT molecular complexity index is 1210. The average Bonchev–Trinajstić information content (AvgIpc) is 3.37. The van der Waals surface area contributed by atoms with Crippen LogP contribution in [0.1, 0.15) is 60.6 Å². The van der Waals surface area contributed by atoms with Crippen molar-refractivity contribution in [1.82, 2.24) is 24.6 Å². The highest BCUT2D eigenvalue weighted by atomic mass is 32.1. The lowest BCUT2D eigenvalue weighted by Crippen LogP contribution is -2.51. The second-order valence-corrected chi connectivity index (χ2v) is 9.87. The van der Waals surface area contributed by atoms with Crippen LogP contribution in [0, 0.1) is 19.7 Å². The van der Waals surface area contributed by atoms with Gasteiger partial charge in [-0.2, -0.15) is 0 Å². The number of piperidine rings is 1. The smallest absolute Gasteiger partial charge is 0.409 e. The quantitative estimate of drug-likeness (QED) is 0.508. The number of nitrogens with zero attached hydrogens (tertiary/aromatic N) is 4. The third-order valence-electron chi connectivity index (χ3n) is 6.04. The lowest BCUT2D eigenvalue weighted by Gasteiger charge is -2.37. The van der Waals surface area contributed by atoms with Gasteiger partial charge in [-0.15, -0.1) is 11.3 Å². The Morgan fingerprint density at radius 2 is 2.09 bits per heavy atom. The molecule has 4 heterocycles. The summed E-state index contributed by atoms with van der Waals surface area (Å²) in [6.45, 7) is 8.67. The number of ether oxygens (including phenoxy) is 1. The van der Waals surface area contributed by atoms with Gasteiger partial charge < -0.3 is 19.4 Å². The number of thiophene rings is 1. The second-order valence-electron chi connectivity index (χ2n) is 8.82.